The summed E-state index contributed by atoms with van der Waals surface area (Å²) in [5.74, 6) is -2.65. The predicted octanol–water partition coefficient (Wildman–Crippen LogP) is 4.22. The van der Waals surface area contributed by atoms with Crippen LogP contribution in [0.3, 0.4) is 0 Å². The van der Waals surface area contributed by atoms with E-state index < -0.39 is 17.6 Å². The van der Waals surface area contributed by atoms with E-state index in [-0.39, 0.29) is 5.69 Å². The van der Waals surface area contributed by atoms with E-state index in [1.165, 1.54) is 12.1 Å². The quantitative estimate of drug-likeness (QED) is 0.373. The van der Waals surface area contributed by atoms with Crippen LogP contribution in [0.15, 0.2) is 70.2 Å². The highest BCUT2D eigenvalue weighted by Crippen LogP contribution is 2.20. The SMILES string of the molecule is CC(=NNC(=O)C(=O)Nc1ccc(Br)cc1F)c1cccc2ccccc12. The molecule has 3 aromatic carbocycles. The van der Waals surface area contributed by atoms with Crippen molar-refractivity contribution in [1.29, 1.82) is 0 Å². The van der Waals surface area contributed by atoms with Crippen molar-refractivity contribution in [3.05, 3.63) is 76.5 Å². The molecule has 0 atom stereocenters. The number of amides is 2. The van der Waals surface area contributed by atoms with Crippen LogP contribution in [0, 0.1) is 5.82 Å². The topological polar surface area (TPSA) is 70.6 Å². The fraction of sp³-hybridized carbons (Fsp3) is 0.0500. The van der Waals surface area contributed by atoms with Gasteiger partial charge in [0.25, 0.3) is 0 Å². The van der Waals surface area contributed by atoms with E-state index >= 15 is 0 Å². The zero-order valence-corrected chi connectivity index (χ0v) is 15.9. The summed E-state index contributed by atoms with van der Waals surface area (Å²) in [4.78, 5) is 23.9. The average molecular weight is 428 g/mol. The third-order valence-corrected chi connectivity index (χ3v) is 4.38. The maximum atomic E-state index is 13.8. The molecule has 0 unspecified atom stereocenters. The van der Waals surface area contributed by atoms with Gasteiger partial charge in [0.15, 0.2) is 0 Å². The normalized spacial score (nSPS) is 11.3. The zero-order chi connectivity index (χ0) is 19.4. The van der Waals surface area contributed by atoms with Crippen LogP contribution in [-0.4, -0.2) is 17.5 Å². The van der Waals surface area contributed by atoms with Gasteiger partial charge in [0, 0.05) is 10.0 Å². The van der Waals surface area contributed by atoms with Crippen LogP contribution in [-0.2, 0) is 9.59 Å². The molecule has 0 aliphatic carbocycles. The van der Waals surface area contributed by atoms with Crippen molar-refractivity contribution in [3.63, 3.8) is 0 Å². The Balaban J connectivity index is 1.72. The van der Waals surface area contributed by atoms with Gasteiger partial charge in [0.1, 0.15) is 5.82 Å². The molecular weight excluding hydrogens is 413 g/mol. The highest BCUT2D eigenvalue weighted by atomic mass is 79.9. The Morgan fingerprint density at radius 3 is 2.52 bits per heavy atom. The van der Waals surface area contributed by atoms with Crippen LogP contribution >= 0.6 is 15.9 Å². The van der Waals surface area contributed by atoms with Gasteiger partial charge in [-0.2, -0.15) is 5.10 Å². The number of nitrogens with zero attached hydrogens (tertiary/aromatic N) is 1. The number of fused-ring (bicyclic) bond motifs is 1. The van der Waals surface area contributed by atoms with Crippen LogP contribution in [0.25, 0.3) is 10.8 Å². The number of hydrogen-bond acceptors (Lipinski definition) is 3. The number of halogens is 2. The molecule has 0 heterocycles. The summed E-state index contributed by atoms with van der Waals surface area (Å²) in [6.07, 6.45) is 0. The van der Waals surface area contributed by atoms with E-state index in [0.29, 0.717) is 10.2 Å². The van der Waals surface area contributed by atoms with Gasteiger partial charge in [-0.05, 0) is 35.9 Å². The van der Waals surface area contributed by atoms with E-state index in [4.69, 9.17) is 0 Å². The second kappa shape index (κ2) is 8.09. The molecule has 0 spiro atoms. The van der Waals surface area contributed by atoms with Gasteiger partial charge >= 0.3 is 11.8 Å². The highest BCUT2D eigenvalue weighted by Gasteiger charge is 2.15. The molecule has 0 aromatic heterocycles. The number of anilines is 1. The number of carbonyl (C=O) groups is 2. The molecule has 2 amide bonds. The van der Waals surface area contributed by atoms with Gasteiger partial charge in [-0.25, -0.2) is 9.82 Å². The van der Waals surface area contributed by atoms with Crippen molar-refractivity contribution >= 4 is 49.9 Å². The van der Waals surface area contributed by atoms with Crippen molar-refractivity contribution < 1.29 is 14.0 Å². The van der Waals surface area contributed by atoms with Crippen molar-refractivity contribution in [2.24, 2.45) is 5.10 Å². The summed E-state index contributed by atoms with van der Waals surface area (Å²) in [5.41, 5.74) is 3.50. The first-order valence-electron chi connectivity index (χ1n) is 8.04. The monoisotopic (exact) mass is 427 g/mol. The molecular formula is C20H15BrFN3O2. The van der Waals surface area contributed by atoms with Crippen molar-refractivity contribution in [1.82, 2.24) is 5.43 Å². The summed E-state index contributed by atoms with van der Waals surface area (Å²) < 4.78 is 14.3. The third-order valence-electron chi connectivity index (χ3n) is 3.89. The summed E-state index contributed by atoms with van der Waals surface area (Å²) in [6.45, 7) is 1.73. The van der Waals surface area contributed by atoms with Gasteiger partial charge in [-0.3, -0.25) is 9.59 Å². The molecule has 0 aliphatic rings. The van der Waals surface area contributed by atoms with Crippen LogP contribution < -0.4 is 10.7 Å². The fourth-order valence-electron chi connectivity index (χ4n) is 2.56. The molecule has 0 radical (unpaired) electrons. The predicted molar refractivity (Wildman–Crippen MR) is 107 cm³/mol. The molecule has 27 heavy (non-hydrogen) atoms. The second-order valence-corrected chi connectivity index (χ2v) is 6.66. The lowest BCUT2D eigenvalue weighted by atomic mass is 10.0. The van der Waals surface area contributed by atoms with Crippen LogP contribution in [0.4, 0.5) is 10.1 Å². The summed E-state index contributed by atoms with van der Waals surface area (Å²) >= 11 is 3.12. The summed E-state index contributed by atoms with van der Waals surface area (Å²) in [7, 11) is 0. The maximum Gasteiger partial charge on any atom is 0.329 e. The zero-order valence-electron chi connectivity index (χ0n) is 14.3. The number of hydrogen-bond donors (Lipinski definition) is 2. The first-order chi connectivity index (χ1) is 13.0. The number of benzene rings is 3. The second-order valence-electron chi connectivity index (χ2n) is 5.74. The fourth-order valence-corrected chi connectivity index (χ4v) is 2.89. The minimum atomic E-state index is -1.01. The molecule has 3 rings (SSSR count). The minimum absolute atomic E-state index is 0.0897. The Morgan fingerprint density at radius 2 is 1.74 bits per heavy atom. The van der Waals surface area contributed by atoms with Crippen LogP contribution in [0.1, 0.15) is 12.5 Å². The molecule has 7 heteroatoms. The Labute approximate surface area is 163 Å². The Bertz CT molecular complexity index is 1060. The molecule has 3 aromatic rings. The van der Waals surface area contributed by atoms with Crippen molar-refractivity contribution in [2.45, 2.75) is 6.92 Å². The smallest absolute Gasteiger partial charge is 0.315 e. The largest absolute Gasteiger partial charge is 0.329 e. The van der Waals surface area contributed by atoms with E-state index in [1.807, 2.05) is 42.5 Å². The third kappa shape index (κ3) is 4.38. The molecule has 5 nitrogen and oxygen atoms in total. The van der Waals surface area contributed by atoms with E-state index in [0.717, 1.165) is 16.3 Å². The molecule has 136 valence electrons. The van der Waals surface area contributed by atoms with Crippen LogP contribution in [0.5, 0.6) is 0 Å². The lowest BCUT2D eigenvalue weighted by molar-refractivity contribution is -0.136. The van der Waals surface area contributed by atoms with Crippen molar-refractivity contribution in [3.8, 4) is 0 Å². The van der Waals surface area contributed by atoms with Crippen molar-refractivity contribution in [2.75, 3.05) is 5.32 Å². The Morgan fingerprint density at radius 1 is 1.00 bits per heavy atom. The van der Waals surface area contributed by atoms with Crippen LogP contribution in [0.2, 0.25) is 0 Å². The van der Waals surface area contributed by atoms with Gasteiger partial charge < -0.3 is 5.32 Å². The standard InChI is InChI=1S/C20H15BrFN3O2/c1-12(15-8-4-6-13-5-2-3-7-16(13)15)24-25-20(27)19(26)23-18-10-9-14(21)11-17(18)22/h2-11H,1H3,(H,23,26)(H,25,27). The molecule has 0 bridgehead atoms. The highest BCUT2D eigenvalue weighted by molar-refractivity contribution is 9.10. The lowest BCUT2D eigenvalue weighted by Crippen LogP contribution is -2.33. The first-order valence-corrected chi connectivity index (χ1v) is 8.84. The summed E-state index contributed by atoms with van der Waals surface area (Å²) in [5, 5.41) is 8.24. The van der Waals surface area contributed by atoms with Gasteiger partial charge in [0.05, 0.1) is 11.4 Å². The molecule has 0 aliphatic heterocycles. The summed E-state index contributed by atoms with van der Waals surface area (Å²) in [6, 6.07) is 17.6. The molecule has 0 saturated carbocycles. The number of rotatable bonds is 3. The van der Waals surface area contributed by atoms with E-state index in [2.05, 4.69) is 31.8 Å². The molecule has 0 fully saturated rings. The Hall–Kier alpha value is -3.06. The maximum absolute atomic E-state index is 13.8. The Kier molecular flexibility index (Phi) is 5.61. The number of carbonyl (C=O) groups excluding carboxylic acids is 2. The lowest BCUT2D eigenvalue weighted by Gasteiger charge is -2.08. The molecule has 0 saturated heterocycles. The minimum Gasteiger partial charge on any atom is -0.315 e. The van der Waals surface area contributed by atoms with Gasteiger partial charge in [-0.1, -0.05) is 58.4 Å². The average Bonchev–Trinajstić information content (AvgIpc) is 2.67. The number of nitrogens with one attached hydrogen (secondary N) is 2. The van der Waals surface area contributed by atoms with Gasteiger partial charge in [0.2, 0.25) is 0 Å². The molecule has 2 N–H and O–H groups in total. The van der Waals surface area contributed by atoms with Gasteiger partial charge in [-0.15, -0.1) is 0 Å². The first kappa shape index (κ1) is 18.7. The van der Waals surface area contributed by atoms with E-state index in [9.17, 15) is 14.0 Å². The van der Waals surface area contributed by atoms with E-state index in [1.54, 1.807) is 13.0 Å². The number of hydrazone groups is 1.